The summed E-state index contributed by atoms with van der Waals surface area (Å²) in [7, 11) is 0. The minimum atomic E-state index is -0.924. The topological polar surface area (TPSA) is 79.3 Å². The van der Waals surface area contributed by atoms with Crippen molar-refractivity contribution in [2.75, 3.05) is 5.32 Å². The first-order valence-corrected chi connectivity index (χ1v) is 6.19. The second-order valence-electron chi connectivity index (χ2n) is 4.67. The number of amides is 1. The number of pyridine rings is 1. The third-order valence-electron chi connectivity index (χ3n) is 3.38. The molecule has 1 aliphatic rings. The van der Waals surface area contributed by atoms with Crippen LogP contribution in [-0.4, -0.2) is 22.0 Å². The lowest BCUT2D eigenvalue weighted by Gasteiger charge is -2.24. The predicted molar refractivity (Wildman–Crippen MR) is 70.6 cm³/mol. The van der Waals surface area contributed by atoms with Crippen LogP contribution < -0.4 is 5.32 Å². The molecule has 5 nitrogen and oxygen atoms in total. The third kappa shape index (κ3) is 2.99. The van der Waals surface area contributed by atoms with Crippen molar-refractivity contribution in [2.45, 2.75) is 19.8 Å². The van der Waals surface area contributed by atoms with Crippen LogP contribution in [0.4, 0.5) is 5.69 Å². The Bertz CT molecular complexity index is 525. The van der Waals surface area contributed by atoms with Crippen LogP contribution in [0.25, 0.3) is 0 Å². The van der Waals surface area contributed by atoms with Gasteiger partial charge in [0.25, 0.3) is 0 Å². The fraction of sp³-hybridized carbons (Fsp3) is 0.357. The number of carbonyl (C=O) groups is 2. The second kappa shape index (κ2) is 5.65. The molecule has 19 heavy (non-hydrogen) atoms. The van der Waals surface area contributed by atoms with Gasteiger partial charge in [-0.2, -0.15) is 0 Å². The van der Waals surface area contributed by atoms with Crippen LogP contribution in [0.1, 0.15) is 18.4 Å². The monoisotopic (exact) mass is 260 g/mol. The molecule has 2 unspecified atom stereocenters. The number of carbonyl (C=O) groups excluding carboxylic acids is 1. The molecule has 2 rings (SSSR count). The van der Waals surface area contributed by atoms with Gasteiger partial charge in [-0.05, 0) is 31.4 Å². The van der Waals surface area contributed by atoms with Gasteiger partial charge >= 0.3 is 5.97 Å². The SMILES string of the molecule is Cc1ccncc1NC(=O)C1CC=CCC1C(=O)O. The number of carboxylic acids is 1. The summed E-state index contributed by atoms with van der Waals surface area (Å²) in [6, 6.07) is 1.80. The van der Waals surface area contributed by atoms with Crippen molar-refractivity contribution < 1.29 is 14.7 Å². The summed E-state index contributed by atoms with van der Waals surface area (Å²) in [5.41, 5.74) is 1.53. The number of rotatable bonds is 3. The highest BCUT2D eigenvalue weighted by Gasteiger charge is 2.34. The number of aryl methyl sites for hydroxylation is 1. The first-order valence-electron chi connectivity index (χ1n) is 6.19. The average molecular weight is 260 g/mol. The number of carboxylic acid groups (broad SMARTS) is 1. The van der Waals surface area contributed by atoms with Gasteiger partial charge in [0.1, 0.15) is 0 Å². The van der Waals surface area contributed by atoms with E-state index in [4.69, 9.17) is 5.11 Å². The van der Waals surface area contributed by atoms with E-state index in [1.807, 2.05) is 19.1 Å². The number of allylic oxidation sites excluding steroid dienone is 2. The van der Waals surface area contributed by atoms with Gasteiger partial charge < -0.3 is 10.4 Å². The summed E-state index contributed by atoms with van der Waals surface area (Å²) in [6.07, 6.45) is 7.76. The van der Waals surface area contributed by atoms with Gasteiger partial charge in [0.05, 0.1) is 23.7 Å². The van der Waals surface area contributed by atoms with Crippen molar-refractivity contribution in [1.82, 2.24) is 4.98 Å². The van der Waals surface area contributed by atoms with E-state index in [1.165, 1.54) is 0 Å². The summed E-state index contributed by atoms with van der Waals surface area (Å²) >= 11 is 0. The molecule has 2 atom stereocenters. The molecule has 0 spiro atoms. The standard InChI is InChI=1S/C14H16N2O3/c1-9-6-7-15-8-12(9)16-13(17)10-4-2-3-5-11(10)14(18)19/h2-3,6-8,10-11H,4-5H2,1H3,(H,16,17)(H,18,19). The van der Waals surface area contributed by atoms with E-state index < -0.39 is 17.8 Å². The molecule has 1 heterocycles. The second-order valence-corrected chi connectivity index (χ2v) is 4.67. The average Bonchev–Trinajstić information content (AvgIpc) is 2.41. The van der Waals surface area contributed by atoms with E-state index in [1.54, 1.807) is 18.5 Å². The van der Waals surface area contributed by atoms with Crippen LogP contribution in [0.5, 0.6) is 0 Å². The van der Waals surface area contributed by atoms with Gasteiger partial charge in [-0.15, -0.1) is 0 Å². The van der Waals surface area contributed by atoms with Crippen LogP contribution in [0, 0.1) is 18.8 Å². The van der Waals surface area contributed by atoms with Crippen LogP contribution in [-0.2, 0) is 9.59 Å². The molecular weight excluding hydrogens is 244 g/mol. The lowest BCUT2D eigenvalue weighted by atomic mass is 9.82. The Kier molecular flexibility index (Phi) is 3.94. The lowest BCUT2D eigenvalue weighted by molar-refractivity contribution is -0.146. The Labute approximate surface area is 111 Å². The van der Waals surface area contributed by atoms with E-state index in [9.17, 15) is 9.59 Å². The fourth-order valence-electron chi connectivity index (χ4n) is 2.20. The van der Waals surface area contributed by atoms with Gasteiger partial charge in [0.2, 0.25) is 5.91 Å². The fourth-order valence-corrected chi connectivity index (χ4v) is 2.20. The van der Waals surface area contributed by atoms with E-state index in [2.05, 4.69) is 10.3 Å². The quantitative estimate of drug-likeness (QED) is 0.815. The number of hydrogen-bond acceptors (Lipinski definition) is 3. The molecule has 0 saturated heterocycles. The number of hydrogen-bond donors (Lipinski definition) is 2. The van der Waals surface area contributed by atoms with Crippen molar-refractivity contribution in [1.29, 1.82) is 0 Å². The van der Waals surface area contributed by atoms with Gasteiger partial charge in [0.15, 0.2) is 0 Å². The van der Waals surface area contributed by atoms with Crippen molar-refractivity contribution in [3.63, 3.8) is 0 Å². The molecule has 0 saturated carbocycles. The van der Waals surface area contributed by atoms with Crippen LogP contribution in [0.15, 0.2) is 30.6 Å². The van der Waals surface area contributed by atoms with E-state index in [0.29, 0.717) is 18.5 Å². The van der Waals surface area contributed by atoms with Crippen molar-refractivity contribution >= 4 is 17.6 Å². The third-order valence-corrected chi connectivity index (χ3v) is 3.38. The summed E-state index contributed by atoms with van der Waals surface area (Å²) in [5, 5.41) is 11.9. The summed E-state index contributed by atoms with van der Waals surface area (Å²) < 4.78 is 0. The Morgan fingerprint density at radius 1 is 1.32 bits per heavy atom. The Hall–Kier alpha value is -2.17. The molecule has 2 N–H and O–H groups in total. The number of aliphatic carboxylic acids is 1. The van der Waals surface area contributed by atoms with Crippen LogP contribution >= 0.6 is 0 Å². The molecule has 1 aliphatic carbocycles. The maximum Gasteiger partial charge on any atom is 0.307 e. The summed E-state index contributed by atoms with van der Waals surface area (Å²) in [4.78, 5) is 27.3. The molecule has 1 aromatic heterocycles. The zero-order valence-electron chi connectivity index (χ0n) is 10.7. The molecule has 0 bridgehead atoms. The first kappa shape index (κ1) is 13.3. The molecule has 0 fully saturated rings. The van der Waals surface area contributed by atoms with E-state index in [-0.39, 0.29) is 5.91 Å². The molecule has 0 radical (unpaired) electrons. The zero-order valence-corrected chi connectivity index (χ0v) is 10.7. The van der Waals surface area contributed by atoms with Crippen LogP contribution in [0.2, 0.25) is 0 Å². The number of aromatic nitrogens is 1. The van der Waals surface area contributed by atoms with Crippen molar-refractivity contribution in [2.24, 2.45) is 11.8 Å². The Balaban J connectivity index is 2.13. The minimum Gasteiger partial charge on any atom is -0.481 e. The number of anilines is 1. The Morgan fingerprint density at radius 2 is 2.00 bits per heavy atom. The van der Waals surface area contributed by atoms with Crippen LogP contribution in [0.3, 0.4) is 0 Å². The van der Waals surface area contributed by atoms with Gasteiger partial charge in [-0.3, -0.25) is 14.6 Å². The lowest BCUT2D eigenvalue weighted by Crippen LogP contribution is -2.34. The normalized spacial score (nSPS) is 21.9. The molecular formula is C14H16N2O3. The van der Waals surface area contributed by atoms with Crippen molar-refractivity contribution in [3.8, 4) is 0 Å². The Morgan fingerprint density at radius 3 is 2.63 bits per heavy atom. The highest BCUT2D eigenvalue weighted by molar-refractivity contribution is 5.95. The molecule has 5 heteroatoms. The minimum absolute atomic E-state index is 0.257. The van der Waals surface area contributed by atoms with E-state index >= 15 is 0 Å². The highest BCUT2D eigenvalue weighted by Crippen LogP contribution is 2.27. The zero-order chi connectivity index (χ0) is 13.8. The number of nitrogens with zero attached hydrogens (tertiary/aromatic N) is 1. The summed E-state index contributed by atoms with van der Waals surface area (Å²) in [6.45, 7) is 1.87. The summed E-state index contributed by atoms with van der Waals surface area (Å²) in [5.74, 6) is -2.36. The van der Waals surface area contributed by atoms with E-state index in [0.717, 1.165) is 5.56 Å². The largest absolute Gasteiger partial charge is 0.481 e. The molecule has 1 aromatic rings. The highest BCUT2D eigenvalue weighted by atomic mass is 16.4. The van der Waals surface area contributed by atoms with Gasteiger partial charge in [-0.1, -0.05) is 12.2 Å². The van der Waals surface area contributed by atoms with Gasteiger partial charge in [0, 0.05) is 6.20 Å². The molecule has 0 aromatic carbocycles. The smallest absolute Gasteiger partial charge is 0.307 e. The molecule has 1 amide bonds. The predicted octanol–water partition coefficient (Wildman–Crippen LogP) is 2.00. The van der Waals surface area contributed by atoms with Crippen molar-refractivity contribution in [3.05, 3.63) is 36.2 Å². The maximum atomic E-state index is 12.2. The van der Waals surface area contributed by atoms with Gasteiger partial charge in [-0.25, -0.2) is 0 Å². The first-order chi connectivity index (χ1) is 9.09. The molecule has 100 valence electrons. The molecule has 0 aliphatic heterocycles. The number of nitrogens with one attached hydrogen (secondary N) is 1. The maximum absolute atomic E-state index is 12.2.